The molecule has 0 saturated heterocycles. The van der Waals surface area contributed by atoms with Crippen molar-refractivity contribution >= 4 is 6.41 Å². The largest absolute Gasteiger partial charge is 0.356 e. The van der Waals surface area contributed by atoms with Crippen LogP contribution in [0.5, 0.6) is 0 Å². The molecular weight excluding hydrogens is 138 g/mol. The molecule has 0 aromatic carbocycles. The van der Waals surface area contributed by atoms with Gasteiger partial charge in [0.05, 0.1) is 0 Å². The first-order valence-corrected chi connectivity index (χ1v) is 4.56. The lowest BCUT2D eigenvalue weighted by Crippen LogP contribution is -2.32. The zero-order valence-electron chi connectivity index (χ0n) is 7.18. The molecule has 1 N–H and O–H groups in total. The molecule has 1 rings (SSSR count). The number of carbonyl (C=O) groups is 1. The standard InChI is InChI=1S/C9H17NO/c1-2-8-4-3-5-9(6-8)10-7-11/h7-9H,2-6H2,1H3,(H,10,11). The van der Waals surface area contributed by atoms with E-state index in [1.807, 2.05) is 0 Å². The quantitative estimate of drug-likeness (QED) is 0.617. The first kappa shape index (κ1) is 8.57. The second kappa shape index (κ2) is 4.37. The number of carbonyl (C=O) groups excluding carboxylic acids is 1. The van der Waals surface area contributed by atoms with E-state index < -0.39 is 0 Å². The van der Waals surface area contributed by atoms with E-state index in [9.17, 15) is 4.79 Å². The Balaban J connectivity index is 2.27. The second-order valence-electron chi connectivity index (χ2n) is 3.42. The molecule has 1 fully saturated rings. The fourth-order valence-electron chi connectivity index (χ4n) is 1.91. The van der Waals surface area contributed by atoms with Gasteiger partial charge in [-0.2, -0.15) is 0 Å². The van der Waals surface area contributed by atoms with E-state index in [2.05, 4.69) is 12.2 Å². The van der Waals surface area contributed by atoms with Crippen LogP contribution in [0.15, 0.2) is 0 Å². The van der Waals surface area contributed by atoms with Crippen LogP contribution in [0.3, 0.4) is 0 Å². The summed E-state index contributed by atoms with van der Waals surface area (Å²) < 4.78 is 0. The average molecular weight is 155 g/mol. The minimum Gasteiger partial charge on any atom is -0.356 e. The summed E-state index contributed by atoms with van der Waals surface area (Å²) in [7, 11) is 0. The highest BCUT2D eigenvalue weighted by Crippen LogP contribution is 2.25. The summed E-state index contributed by atoms with van der Waals surface area (Å²) in [5.74, 6) is 0.848. The van der Waals surface area contributed by atoms with Crippen LogP contribution in [-0.4, -0.2) is 12.5 Å². The van der Waals surface area contributed by atoms with Gasteiger partial charge in [0, 0.05) is 6.04 Å². The summed E-state index contributed by atoms with van der Waals surface area (Å²) in [6, 6.07) is 0.464. The van der Waals surface area contributed by atoms with Gasteiger partial charge in [-0.05, 0) is 18.8 Å². The van der Waals surface area contributed by atoms with Gasteiger partial charge >= 0.3 is 0 Å². The Bertz CT molecular complexity index is 125. The minimum atomic E-state index is 0.464. The van der Waals surface area contributed by atoms with Crippen molar-refractivity contribution in [2.24, 2.45) is 5.92 Å². The van der Waals surface area contributed by atoms with E-state index in [4.69, 9.17) is 0 Å². The fraction of sp³-hybridized carbons (Fsp3) is 0.889. The van der Waals surface area contributed by atoms with Crippen LogP contribution in [0.4, 0.5) is 0 Å². The SMILES string of the molecule is CCC1CCCC(NC=O)C1. The van der Waals surface area contributed by atoms with Crippen molar-refractivity contribution in [2.75, 3.05) is 0 Å². The topological polar surface area (TPSA) is 29.1 Å². The van der Waals surface area contributed by atoms with Gasteiger partial charge in [0.2, 0.25) is 6.41 Å². The lowest BCUT2D eigenvalue weighted by molar-refractivity contribution is -0.110. The highest BCUT2D eigenvalue weighted by atomic mass is 16.1. The van der Waals surface area contributed by atoms with Crippen LogP contribution in [0.1, 0.15) is 39.0 Å². The van der Waals surface area contributed by atoms with Gasteiger partial charge in [-0.1, -0.05) is 26.2 Å². The van der Waals surface area contributed by atoms with E-state index >= 15 is 0 Å². The molecule has 2 unspecified atom stereocenters. The van der Waals surface area contributed by atoms with Gasteiger partial charge in [-0.3, -0.25) is 4.79 Å². The minimum absolute atomic E-state index is 0.464. The van der Waals surface area contributed by atoms with Crippen molar-refractivity contribution in [1.82, 2.24) is 5.32 Å². The predicted molar refractivity (Wildman–Crippen MR) is 45.2 cm³/mol. The van der Waals surface area contributed by atoms with Gasteiger partial charge in [0.25, 0.3) is 0 Å². The molecule has 11 heavy (non-hydrogen) atoms. The maximum Gasteiger partial charge on any atom is 0.207 e. The number of amides is 1. The maximum absolute atomic E-state index is 10.2. The van der Waals surface area contributed by atoms with Crippen molar-refractivity contribution in [2.45, 2.75) is 45.1 Å². The van der Waals surface area contributed by atoms with E-state index in [1.54, 1.807) is 0 Å². The van der Waals surface area contributed by atoms with E-state index in [-0.39, 0.29) is 0 Å². The Hall–Kier alpha value is -0.530. The average Bonchev–Trinajstić information content (AvgIpc) is 2.06. The van der Waals surface area contributed by atoms with Crippen molar-refractivity contribution in [3.8, 4) is 0 Å². The van der Waals surface area contributed by atoms with Crippen LogP contribution in [0.25, 0.3) is 0 Å². The van der Waals surface area contributed by atoms with Crippen molar-refractivity contribution in [3.63, 3.8) is 0 Å². The summed E-state index contributed by atoms with van der Waals surface area (Å²) in [5, 5.41) is 2.87. The highest BCUT2D eigenvalue weighted by Gasteiger charge is 2.19. The third-order valence-electron chi connectivity index (χ3n) is 2.66. The van der Waals surface area contributed by atoms with Crippen LogP contribution in [-0.2, 0) is 4.79 Å². The number of hydrogen-bond acceptors (Lipinski definition) is 1. The van der Waals surface area contributed by atoms with Crippen LogP contribution in [0.2, 0.25) is 0 Å². The molecule has 0 aliphatic heterocycles. The lowest BCUT2D eigenvalue weighted by Gasteiger charge is -2.27. The molecule has 0 bridgehead atoms. The molecule has 0 aromatic heterocycles. The fourth-order valence-corrected chi connectivity index (χ4v) is 1.91. The smallest absolute Gasteiger partial charge is 0.207 e. The summed E-state index contributed by atoms with van der Waals surface area (Å²) in [6.07, 6.45) is 7.10. The number of hydrogen-bond donors (Lipinski definition) is 1. The zero-order valence-corrected chi connectivity index (χ0v) is 7.18. The van der Waals surface area contributed by atoms with Gasteiger partial charge in [0.15, 0.2) is 0 Å². The Kier molecular flexibility index (Phi) is 3.40. The zero-order chi connectivity index (χ0) is 8.10. The van der Waals surface area contributed by atoms with Crippen LogP contribution in [0, 0.1) is 5.92 Å². The van der Waals surface area contributed by atoms with Gasteiger partial charge in [0.1, 0.15) is 0 Å². The third-order valence-corrected chi connectivity index (χ3v) is 2.66. The molecule has 64 valence electrons. The maximum atomic E-state index is 10.2. The van der Waals surface area contributed by atoms with Crippen LogP contribution >= 0.6 is 0 Å². The van der Waals surface area contributed by atoms with Crippen LogP contribution < -0.4 is 5.32 Å². The van der Waals surface area contributed by atoms with Crippen molar-refractivity contribution in [1.29, 1.82) is 0 Å². The first-order valence-electron chi connectivity index (χ1n) is 4.56. The Morgan fingerprint density at radius 2 is 2.36 bits per heavy atom. The van der Waals surface area contributed by atoms with Gasteiger partial charge < -0.3 is 5.32 Å². The molecule has 0 radical (unpaired) electrons. The van der Waals surface area contributed by atoms with E-state index in [1.165, 1.54) is 32.1 Å². The molecular formula is C9H17NO. The second-order valence-corrected chi connectivity index (χ2v) is 3.42. The molecule has 1 saturated carbocycles. The summed E-state index contributed by atoms with van der Waals surface area (Å²) in [6.45, 7) is 2.23. The molecule has 2 atom stereocenters. The highest BCUT2D eigenvalue weighted by molar-refractivity contribution is 5.46. The Morgan fingerprint density at radius 1 is 1.55 bits per heavy atom. The summed E-state index contributed by atoms with van der Waals surface area (Å²) in [4.78, 5) is 10.2. The molecule has 1 amide bonds. The normalized spacial score (nSPS) is 31.4. The third kappa shape index (κ3) is 2.52. The van der Waals surface area contributed by atoms with Gasteiger partial charge in [-0.25, -0.2) is 0 Å². The van der Waals surface area contributed by atoms with Crippen molar-refractivity contribution < 1.29 is 4.79 Å². The molecule has 0 aromatic rings. The number of rotatable bonds is 3. The molecule has 2 nitrogen and oxygen atoms in total. The molecule has 1 aliphatic rings. The van der Waals surface area contributed by atoms with E-state index in [0.29, 0.717) is 6.04 Å². The lowest BCUT2D eigenvalue weighted by atomic mass is 9.84. The predicted octanol–water partition coefficient (Wildman–Crippen LogP) is 1.70. The monoisotopic (exact) mass is 155 g/mol. The molecule has 2 heteroatoms. The summed E-state index contributed by atoms with van der Waals surface area (Å²) in [5.41, 5.74) is 0. The summed E-state index contributed by atoms with van der Waals surface area (Å²) >= 11 is 0. The Labute approximate surface area is 68.4 Å². The molecule has 0 spiro atoms. The molecule has 0 heterocycles. The molecule has 1 aliphatic carbocycles. The van der Waals surface area contributed by atoms with E-state index in [0.717, 1.165) is 12.3 Å². The van der Waals surface area contributed by atoms with Crippen molar-refractivity contribution in [3.05, 3.63) is 0 Å². The number of nitrogens with one attached hydrogen (secondary N) is 1. The first-order chi connectivity index (χ1) is 5.36. The van der Waals surface area contributed by atoms with Gasteiger partial charge in [-0.15, -0.1) is 0 Å². The Morgan fingerprint density at radius 3 is 3.00 bits per heavy atom.